The summed E-state index contributed by atoms with van der Waals surface area (Å²) in [6, 6.07) is 6.37. The highest BCUT2D eigenvalue weighted by Gasteiger charge is 2.33. The Balaban J connectivity index is 1.50. The van der Waals surface area contributed by atoms with Gasteiger partial charge in [0.2, 0.25) is 0 Å². The minimum absolute atomic E-state index is 0.120. The fourth-order valence-corrected chi connectivity index (χ4v) is 4.14. The van der Waals surface area contributed by atoms with Crippen LogP contribution in [0.2, 0.25) is 0 Å². The molecule has 1 saturated carbocycles. The molecule has 2 aliphatic rings. The lowest BCUT2D eigenvalue weighted by molar-refractivity contribution is 0.366. The van der Waals surface area contributed by atoms with Gasteiger partial charge in [-0.1, -0.05) is 36.9 Å². The average Bonchev–Trinajstić information content (AvgIpc) is 3.51. The van der Waals surface area contributed by atoms with E-state index in [1.54, 1.807) is 18.2 Å². The van der Waals surface area contributed by atoms with Crippen molar-refractivity contribution in [2.24, 2.45) is 0 Å². The lowest BCUT2D eigenvalue weighted by Gasteiger charge is -2.30. The van der Waals surface area contributed by atoms with Crippen LogP contribution in [-0.2, 0) is 4.74 Å². The number of hydrogen-bond donors (Lipinski definition) is 0. The molecule has 27 heavy (non-hydrogen) atoms. The molecule has 0 aromatic heterocycles. The fraction of sp³-hybridized carbons (Fsp3) is 0.364. The minimum Gasteiger partial charge on any atom is -0.368 e. The zero-order valence-electron chi connectivity index (χ0n) is 14.8. The summed E-state index contributed by atoms with van der Waals surface area (Å²) in [4.78, 5) is 0. The Morgan fingerprint density at radius 1 is 0.741 bits per heavy atom. The van der Waals surface area contributed by atoms with Crippen LogP contribution in [0.3, 0.4) is 0 Å². The highest BCUT2D eigenvalue weighted by molar-refractivity contribution is 5.49. The lowest BCUT2D eigenvalue weighted by Crippen LogP contribution is -2.15. The van der Waals surface area contributed by atoms with Gasteiger partial charge in [-0.3, -0.25) is 0 Å². The maximum absolute atomic E-state index is 14.5. The van der Waals surface area contributed by atoms with E-state index < -0.39 is 23.3 Å². The Morgan fingerprint density at radius 3 is 1.70 bits per heavy atom. The van der Waals surface area contributed by atoms with Gasteiger partial charge in [-0.25, -0.2) is 17.6 Å². The lowest BCUT2D eigenvalue weighted by atomic mass is 9.75. The van der Waals surface area contributed by atoms with Crippen molar-refractivity contribution in [3.63, 3.8) is 0 Å². The molecule has 0 N–H and O–H groups in total. The molecule has 1 atom stereocenters. The van der Waals surface area contributed by atoms with Gasteiger partial charge in [0.05, 0.1) is 6.61 Å². The molecular formula is C22H20F4O. The second kappa shape index (κ2) is 7.12. The van der Waals surface area contributed by atoms with Crippen LogP contribution in [0.15, 0.2) is 30.8 Å². The Bertz CT molecular complexity index is 880. The number of hydrogen-bond acceptors (Lipinski definition) is 1. The SMILES string of the molecule is C=Cc1ccc(C2CCC(c3ccc(C4CO4)c(F)c3F)CC2)c(F)c1F. The summed E-state index contributed by atoms with van der Waals surface area (Å²) in [5, 5.41) is 0. The molecule has 0 amide bonds. The zero-order chi connectivity index (χ0) is 19.1. The maximum atomic E-state index is 14.5. The van der Waals surface area contributed by atoms with Gasteiger partial charge in [-0.15, -0.1) is 0 Å². The molecular weight excluding hydrogens is 356 g/mol. The van der Waals surface area contributed by atoms with Crippen molar-refractivity contribution in [1.82, 2.24) is 0 Å². The van der Waals surface area contributed by atoms with E-state index in [9.17, 15) is 17.6 Å². The number of rotatable bonds is 4. The van der Waals surface area contributed by atoms with Gasteiger partial charge in [0.25, 0.3) is 0 Å². The fourth-order valence-electron chi connectivity index (χ4n) is 4.14. The first-order valence-electron chi connectivity index (χ1n) is 9.21. The second-order valence-electron chi connectivity index (χ2n) is 7.32. The van der Waals surface area contributed by atoms with Crippen molar-refractivity contribution in [2.75, 3.05) is 6.61 Å². The topological polar surface area (TPSA) is 12.5 Å². The van der Waals surface area contributed by atoms with Crippen molar-refractivity contribution >= 4 is 6.08 Å². The van der Waals surface area contributed by atoms with Gasteiger partial charge in [-0.2, -0.15) is 0 Å². The van der Waals surface area contributed by atoms with Gasteiger partial charge in [0.1, 0.15) is 6.10 Å². The molecule has 1 heterocycles. The third-order valence-corrected chi connectivity index (χ3v) is 5.79. The van der Waals surface area contributed by atoms with Gasteiger partial charge in [-0.05, 0) is 48.6 Å². The van der Waals surface area contributed by atoms with E-state index in [0.29, 0.717) is 43.4 Å². The smallest absolute Gasteiger partial charge is 0.166 e. The van der Waals surface area contributed by atoms with E-state index in [-0.39, 0.29) is 29.1 Å². The van der Waals surface area contributed by atoms with Crippen LogP contribution in [0.5, 0.6) is 0 Å². The quantitative estimate of drug-likeness (QED) is 0.444. The summed E-state index contributed by atoms with van der Waals surface area (Å²) in [5.41, 5.74) is 1.13. The third-order valence-electron chi connectivity index (χ3n) is 5.79. The molecule has 1 saturated heterocycles. The number of benzene rings is 2. The molecule has 1 nitrogen and oxygen atoms in total. The molecule has 5 heteroatoms. The normalized spacial score (nSPS) is 24.7. The number of halogens is 4. The van der Waals surface area contributed by atoms with Crippen LogP contribution in [0.25, 0.3) is 6.08 Å². The highest BCUT2D eigenvalue weighted by Crippen LogP contribution is 2.43. The largest absolute Gasteiger partial charge is 0.368 e. The molecule has 1 aliphatic carbocycles. The molecule has 2 fully saturated rings. The molecule has 142 valence electrons. The molecule has 2 aromatic rings. The van der Waals surface area contributed by atoms with Crippen LogP contribution in [-0.4, -0.2) is 6.61 Å². The first-order chi connectivity index (χ1) is 13.0. The predicted octanol–water partition coefficient (Wildman–Crippen LogP) is 6.40. The average molecular weight is 376 g/mol. The van der Waals surface area contributed by atoms with Crippen LogP contribution in [0.4, 0.5) is 17.6 Å². The molecule has 4 rings (SSSR count). The minimum atomic E-state index is -0.879. The maximum Gasteiger partial charge on any atom is 0.166 e. The molecule has 0 bridgehead atoms. The van der Waals surface area contributed by atoms with Crippen molar-refractivity contribution in [3.05, 3.63) is 76.4 Å². The Hall–Kier alpha value is -2.14. The van der Waals surface area contributed by atoms with Gasteiger partial charge < -0.3 is 4.74 Å². The summed E-state index contributed by atoms with van der Waals surface area (Å²) in [5.74, 6) is -3.59. The van der Waals surface area contributed by atoms with Crippen LogP contribution in [0, 0.1) is 23.3 Å². The third kappa shape index (κ3) is 3.29. The first kappa shape index (κ1) is 18.2. The summed E-state index contributed by atoms with van der Waals surface area (Å²) >= 11 is 0. The van der Waals surface area contributed by atoms with Crippen LogP contribution in [0.1, 0.15) is 65.9 Å². The van der Waals surface area contributed by atoms with E-state index in [0.717, 1.165) is 0 Å². The summed E-state index contributed by atoms with van der Waals surface area (Å²) in [6.07, 6.45) is 3.36. The Kier molecular flexibility index (Phi) is 4.81. The molecule has 0 radical (unpaired) electrons. The van der Waals surface area contributed by atoms with Crippen LogP contribution < -0.4 is 0 Å². The summed E-state index contributed by atoms with van der Waals surface area (Å²) < 4.78 is 62.2. The van der Waals surface area contributed by atoms with E-state index >= 15 is 0 Å². The monoisotopic (exact) mass is 376 g/mol. The van der Waals surface area contributed by atoms with E-state index in [2.05, 4.69) is 6.58 Å². The standard InChI is InChI=1S/C22H20F4O/c1-2-12-7-8-15(20(24)19(12)23)13-3-5-14(6-4-13)16-9-10-17(18-11-27-18)22(26)21(16)25/h2,7-10,13-14,18H,1,3-6,11H2. The predicted molar refractivity (Wildman–Crippen MR) is 95.5 cm³/mol. The first-order valence-corrected chi connectivity index (χ1v) is 9.21. The van der Waals surface area contributed by atoms with Crippen molar-refractivity contribution in [2.45, 2.75) is 43.6 Å². The molecule has 1 unspecified atom stereocenters. The number of epoxide rings is 1. The van der Waals surface area contributed by atoms with Crippen molar-refractivity contribution < 1.29 is 22.3 Å². The van der Waals surface area contributed by atoms with E-state index in [4.69, 9.17) is 4.74 Å². The summed E-state index contributed by atoms with van der Waals surface area (Å²) in [7, 11) is 0. The Labute approximate surface area is 155 Å². The zero-order valence-corrected chi connectivity index (χ0v) is 14.8. The van der Waals surface area contributed by atoms with Crippen LogP contribution >= 0.6 is 0 Å². The number of ether oxygens (including phenoxy) is 1. The van der Waals surface area contributed by atoms with Crippen molar-refractivity contribution in [3.8, 4) is 0 Å². The molecule has 2 aromatic carbocycles. The second-order valence-corrected chi connectivity index (χ2v) is 7.32. The van der Waals surface area contributed by atoms with E-state index in [1.165, 1.54) is 12.1 Å². The van der Waals surface area contributed by atoms with Gasteiger partial charge in [0, 0.05) is 11.1 Å². The van der Waals surface area contributed by atoms with Gasteiger partial charge >= 0.3 is 0 Å². The van der Waals surface area contributed by atoms with E-state index in [1.807, 2.05) is 0 Å². The highest BCUT2D eigenvalue weighted by atomic mass is 19.2. The van der Waals surface area contributed by atoms with Gasteiger partial charge in [0.15, 0.2) is 23.3 Å². The summed E-state index contributed by atoms with van der Waals surface area (Å²) in [6.45, 7) is 3.90. The Morgan fingerprint density at radius 2 is 1.19 bits per heavy atom. The molecule has 0 spiro atoms. The molecule has 1 aliphatic heterocycles. The van der Waals surface area contributed by atoms with Crippen molar-refractivity contribution in [1.29, 1.82) is 0 Å².